The van der Waals surface area contributed by atoms with Crippen molar-refractivity contribution < 1.29 is 24.5 Å². The lowest BCUT2D eigenvalue weighted by atomic mass is 10.0. The zero-order valence-electron chi connectivity index (χ0n) is 52.2. The number of unbranched alkanes of at least 4 members (excludes halogenated alkanes) is 51. The largest absolute Gasteiger partial charge is 0.466 e. The number of aliphatic hydroxyl groups is 2. The second-order valence-corrected chi connectivity index (χ2v) is 24.2. The van der Waals surface area contributed by atoms with E-state index in [-0.39, 0.29) is 18.5 Å². The second-order valence-electron chi connectivity index (χ2n) is 24.2. The first-order valence-corrected chi connectivity index (χ1v) is 35.1. The fourth-order valence-electron chi connectivity index (χ4n) is 11.1. The summed E-state index contributed by atoms with van der Waals surface area (Å²) < 4.78 is 5.47. The number of ether oxygens (including phenoxy) is 1. The summed E-state index contributed by atoms with van der Waals surface area (Å²) in [5, 5.41) is 23.4. The first-order chi connectivity index (χ1) is 38.0. The molecule has 0 saturated carbocycles. The lowest BCUT2D eigenvalue weighted by Gasteiger charge is -2.22. The molecule has 1 amide bonds. The molecule has 0 saturated heterocycles. The standard InChI is InChI=1S/C71H137NO5/c1-3-5-7-9-11-13-15-17-18-19-34-37-40-43-47-51-55-59-63-69(74)68(67-73)72-70(75)64-60-56-52-48-44-41-38-35-32-30-28-26-24-22-20-21-23-25-27-29-31-33-36-39-42-46-50-54-58-62-66-77-71(76)65-61-57-53-49-45-16-14-12-10-8-6-4-2/h12,14,21,23,68-69,73-74H,3-11,13,15-20,22,24-67H2,1-2H3,(H,72,75)/b14-12-,23-21-. The second kappa shape index (κ2) is 66.8. The highest BCUT2D eigenvalue weighted by Crippen LogP contribution is 2.19. The van der Waals surface area contributed by atoms with Gasteiger partial charge < -0.3 is 20.3 Å². The Hall–Kier alpha value is -1.66. The molecule has 3 N–H and O–H groups in total. The molecule has 6 heteroatoms. The Kier molecular flexibility index (Phi) is 65.4. The van der Waals surface area contributed by atoms with Gasteiger partial charge in [-0.1, -0.05) is 327 Å². The van der Waals surface area contributed by atoms with Gasteiger partial charge in [0.2, 0.25) is 5.91 Å². The Morgan fingerprint density at radius 1 is 0.351 bits per heavy atom. The molecule has 0 aromatic heterocycles. The Morgan fingerprint density at radius 2 is 0.610 bits per heavy atom. The smallest absolute Gasteiger partial charge is 0.305 e. The summed E-state index contributed by atoms with van der Waals surface area (Å²) in [6, 6.07) is -0.540. The summed E-state index contributed by atoms with van der Waals surface area (Å²) >= 11 is 0. The summed E-state index contributed by atoms with van der Waals surface area (Å²) in [7, 11) is 0. The van der Waals surface area contributed by atoms with Crippen molar-refractivity contribution in [2.75, 3.05) is 13.2 Å². The third-order valence-electron chi connectivity index (χ3n) is 16.5. The number of esters is 1. The first-order valence-electron chi connectivity index (χ1n) is 35.1. The zero-order chi connectivity index (χ0) is 55.7. The molecule has 2 unspecified atom stereocenters. The van der Waals surface area contributed by atoms with Crippen LogP contribution in [-0.4, -0.2) is 47.4 Å². The molecule has 0 fully saturated rings. The van der Waals surface area contributed by atoms with Crippen LogP contribution in [0, 0.1) is 0 Å². The average Bonchev–Trinajstić information content (AvgIpc) is 3.43. The predicted octanol–water partition coefficient (Wildman–Crippen LogP) is 22.5. The van der Waals surface area contributed by atoms with Crippen LogP contribution in [0.4, 0.5) is 0 Å². The van der Waals surface area contributed by atoms with Crippen LogP contribution in [0.1, 0.15) is 393 Å². The molecule has 0 heterocycles. The van der Waals surface area contributed by atoms with E-state index in [0.717, 1.165) is 44.9 Å². The molecule has 0 radical (unpaired) electrons. The summed E-state index contributed by atoms with van der Waals surface area (Å²) in [4.78, 5) is 24.5. The molecule has 77 heavy (non-hydrogen) atoms. The number of allylic oxidation sites excluding steroid dienone is 4. The number of carbonyl (C=O) groups excluding carboxylic acids is 2. The van der Waals surface area contributed by atoms with E-state index in [2.05, 4.69) is 43.5 Å². The molecule has 0 aliphatic heterocycles. The zero-order valence-corrected chi connectivity index (χ0v) is 52.2. The quantitative estimate of drug-likeness (QED) is 0.0320. The van der Waals surface area contributed by atoms with Gasteiger partial charge in [0, 0.05) is 12.8 Å². The number of amides is 1. The topological polar surface area (TPSA) is 95.9 Å². The van der Waals surface area contributed by atoms with Gasteiger partial charge in [-0.25, -0.2) is 0 Å². The summed E-state index contributed by atoms with van der Waals surface area (Å²) in [6.45, 7) is 4.96. The van der Waals surface area contributed by atoms with Crippen molar-refractivity contribution in [1.29, 1.82) is 0 Å². The van der Waals surface area contributed by atoms with Gasteiger partial charge in [-0.05, 0) is 77.0 Å². The average molecular weight is 1080 g/mol. The molecule has 0 spiro atoms. The maximum Gasteiger partial charge on any atom is 0.305 e. The van der Waals surface area contributed by atoms with Crippen LogP contribution in [0.25, 0.3) is 0 Å². The Balaban J connectivity index is 3.37. The van der Waals surface area contributed by atoms with Crippen molar-refractivity contribution in [3.8, 4) is 0 Å². The van der Waals surface area contributed by atoms with Gasteiger partial charge in [-0.3, -0.25) is 9.59 Å². The molecule has 0 rings (SSSR count). The lowest BCUT2D eigenvalue weighted by Crippen LogP contribution is -2.45. The summed E-state index contributed by atoms with van der Waals surface area (Å²) in [6.07, 6.45) is 83.7. The molecule has 2 atom stereocenters. The number of hydrogen-bond donors (Lipinski definition) is 3. The third kappa shape index (κ3) is 63.4. The number of nitrogens with one attached hydrogen (secondary N) is 1. The van der Waals surface area contributed by atoms with Gasteiger partial charge in [0.25, 0.3) is 0 Å². The Bertz CT molecular complexity index is 1200. The highest BCUT2D eigenvalue weighted by atomic mass is 16.5. The molecule has 6 nitrogen and oxygen atoms in total. The fourth-order valence-corrected chi connectivity index (χ4v) is 11.1. The first kappa shape index (κ1) is 75.3. The number of hydrogen-bond acceptors (Lipinski definition) is 5. The SMILES string of the molecule is CCCCC/C=C\CCCCCCCC(=O)OCCCCCCCCCCCCCC/C=C\CCCCCCCCCCCCCCCCC(=O)NC(CO)C(O)CCCCCCCCCCCCCCCCCCCC. The highest BCUT2D eigenvalue weighted by Gasteiger charge is 2.20. The van der Waals surface area contributed by atoms with Gasteiger partial charge in [-0.2, -0.15) is 0 Å². The van der Waals surface area contributed by atoms with E-state index in [1.165, 1.54) is 315 Å². The van der Waals surface area contributed by atoms with Crippen molar-refractivity contribution >= 4 is 11.9 Å². The monoisotopic (exact) mass is 1080 g/mol. The van der Waals surface area contributed by atoms with Gasteiger partial charge in [0.05, 0.1) is 25.4 Å². The van der Waals surface area contributed by atoms with E-state index in [1.54, 1.807) is 0 Å². The fraction of sp³-hybridized carbons (Fsp3) is 0.915. The predicted molar refractivity (Wildman–Crippen MR) is 338 cm³/mol. The molecular weight excluding hydrogens is 947 g/mol. The molecule has 0 aromatic carbocycles. The number of aliphatic hydroxyl groups excluding tert-OH is 2. The van der Waals surface area contributed by atoms with Gasteiger partial charge in [0.1, 0.15) is 0 Å². The number of carbonyl (C=O) groups is 2. The highest BCUT2D eigenvalue weighted by molar-refractivity contribution is 5.76. The van der Waals surface area contributed by atoms with E-state index < -0.39 is 12.1 Å². The van der Waals surface area contributed by atoms with Crippen molar-refractivity contribution in [2.45, 2.75) is 405 Å². The molecule has 0 aliphatic carbocycles. The van der Waals surface area contributed by atoms with Crippen molar-refractivity contribution in [2.24, 2.45) is 0 Å². The minimum absolute atomic E-state index is 0.00753. The molecular formula is C71H137NO5. The normalized spacial score (nSPS) is 12.6. The molecule has 456 valence electrons. The van der Waals surface area contributed by atoms with Gasteiger partial charge in [-0.15, -0.1) is 0 Å². The molecule has 0 aromatic rings. The van der Waals surface area contributed by atoms with Gasteiger partial charge >= 0.3 is 5.97 Å². The lowest BCUT2D eigenvalue weighted by molar-refractivity contribution is -0.143. The van der Waals surface area contributed by atoms with E-state index >= 15 is 0 Å². The summed E-state index contributed by atoms with van der Waals surface area (Å²) in [5.41, 5.74) is 0. The van der Waals surface area contributed by atoms with Crippen LogP contribution in [0.2, 0.25) is 0 Å². The Morgan fingerprint density at radius 3 is 0.948 bits per heavy atom. The van der Waals surface area contributed by atoms with Crippen LogP contribution in [0.5, 0.6) is 0 Å². The van der Waals surface area contributed by atoms with Crippen molar-refractivity contribution in [3.05, 3.63) is 24.3 Å². The number of rotatable bonds is 66. The van der Waals surface area contributed by atoms with E-state index in [9.17, 15) is 19.8 Å². The maximum absolute atomic E-state index is 12.5. The van der Waals surface area contributed by atoms with Crippen molar-refractivity contribution in [1.82, 2.24) is 5.32 Å². The van der Waals surface area contributed by atoms with Crippen LogP contribution in [0.3, 0.4) is 0 Å². The van der Waals surface area contributed by atoms with Crippen LogP contribution in [0.15, 0.2) is 24.3 Å². The Labute approximate surface area is 481 Å². The minimum Gasteiger partial charge on any atom is -0.466 e. The van der Waals surface area contributed by atoms with E-state index in [4.69, 9.17) is 4.74 Å². The minimum atomic E-state index is -0.663. The van der Waals surface area contributed by atoms with E-state index in [1.807, 2.05) is 0 Å². The molecule has 0 aliphatic rings. The van der Waals surface area contributed by atoms with Crippen LogP contribution < -0.4 is 5.32 Å². The summed E-state index contributed by atoms with van der Waals surface area (Å²) in [5.74, 6) is -0.0222. The van der Waals surface area contributed by atoms with Gasteiger partial charge in [0.15, 0.2) is 0 Å². The van der Waals surface area contributed by atoms with Crippen LogP contribution in [-0.2, 0) is 14.3 Å². The third-order valence-corrected chi connectivity index (χ3v) is 16.5. The molecule has 0 bridgehead atoms. The maximum atomic E-state index is 12.5. The van der Waals surface area contributed by atoms with E-state index in [0.29, 0.717) is 25.9 Å². The van der Waals surface area contributed by atoms with Crippen LogP contribution >= 0.6 is 0 Å². The van der Waals surface area contributed by atoms with Crippen molar-refractivity contribution in [3.63, 3.8) is 0 Å².